The van der Waals surface area contributed by atoms with Crippen molar-refractivity contribution in [3.8, 4) is 11.1 Å². The van der Waals surface area contributed by atoms with Gasteiger partial charge in [-0.3, -0.25) is 4.68 Å². The summed E-state index contributed by atoms with van der Waals surface area (Å²) in [5.74, 6) is 0. The lowest BCUT2D eigenvalue weighted by Gasteiger charge is -2.04. The van der Waals surface area contributed by atoms with E-state index in [0.29, 0.717) is 16.8 Å². The molecule has 0 unspecified atom stereocenters. The molecule has 0 radical (unpaired) electrons. The molecular weight excluding hydrogens is 222 g/mol. The van der Waals surface area contributed by atoms with Crippen LogP contribution in [0.3, 0.4) is 0 Å². The molecule has 1 aromatic heterocycles. The van der Waals surface area contributed by atoms with Crippen molar-refractivity contribution in [1.29, 1.82) is 0 Å². The molecule has 0 aliphatic carbocycles. The molecule has 2 N–H and O–H groups in total. The molecule has 1 aromatic carbocycles. The first-order valence-electron chi connectivity index (χ1n) is 5.17. The Bertz CT molecular complexity index is 482. The molecule has 0 aliphatic heterocycles. The number of nitrogens with zero attached hydrogens (tertiary/aromatic N) is 2. The number of benzene rings is 1. The first kappa shape index (κ1) is 11.0. The predicted octanol–water partition coefficient (Wildman–Crippen LogP) is 3.37. The van der Waals surface area contributed by atoms with E-state index in [1.807, 2.05) is 29.2 Å². The van der Waals surface area contributed by atoms with Crippen molar-refractivity contribution < 1.29 is 0 Å². The second-order valence-electron chi connectivity index (χ2n) is 4.08. The van der Waals surface area contributed by atoms with Crippen molar-refractivity contribution in [1.82, 2.24) is 9.78 Å². The third-order valence-corrected chi connectivity index (χ3v) is 2.60. The van der Waals surface area contributed by atoms with E-state index >= 15 is 0 Å². The Morgan fingerprint density at radius 3 is 2.56 bits per heavy atom. The summed E-state index contributed by atoms with van der Waals surface area (Å²) in [6.07, 6.45) is 3.82. The summed E-state index contributed by atoms with van der Waals surface area (Å²) in [5, 5.41) is 4.93. The van der Waals surface area contributed by atoms with Crippen LogP contribution in [0.2, 0.25) is 5.02 Å². The SMILES string of the molecule is CC(C)n1cc(-c2cc(N)cc(Cl)c2)cn1. The molecule has 0 atom stereocenters. The van der Waals surface area contributed by atoms with Crippen LogP contribution in [0.15, 0.2) is 30.6 Å². The molecule has 2 aromatic rings. The fourth-order valence-corrected chi connectivity index (χ4v) is 1.79. The summed E-state index contributed by atoms with van der Waals surface area (Å²) in [6.45, 7) is 4.17. The van der Waals surface area contributed by atoms with E-state index in [1.165, 1.54) is 0 Å². The summed E-state index contributed by atoms with van der Waals surface area (Å²) in [6, 6.07) is 5.87. The van der Waals surface area contributed by atoms with Crippen molar-refractivity contribution >= 4 is 17.3 Å². The highest BCUT2D eigenvalue weighted by molar-refractivity contribution is 6.31. The standard InChI is InChI=1S/C12H14ClN3/c1-8(2)16-7-10(6-15-16)9-3-11(13)5-12(14)4-9/h3-8H,14H2,1-2H3. The Balaban J connectivity index is 2.42. The molecule has 84 valence electrons. The maximum atomic E-state index is 5.96. The number of hydrogen-bond acceptors (Lipinski definition) is 2. The number of nitrogens with two attached hydrogens (primary N) is 1. The Morgan fingerprint density at radius 2 is 2.00 bits per heavy atom. The number of aromatic nitrogens is 2. The Kier molecular flexibility index (Phi) is 2.88. The summed E-state index contributed by atoms with van der Waals surface area (Å²) in [4.78, 5) is 0. The lowest BCUT2D eigenvalue weighted by atomic mass is 10.1. The number of halogens is 1. The van der Waals surface area contributed by atoms with Crippen LogP contribution in [0.25, 0.3) is 11.1 Å². The van der Waals surface area contributed by atoms with Crippen LogP contribution < -0.4 is 5.73 Å². The fourth-order valence-electron chi connectivity index (χ4n) is 1.55. The van der Waals surface area contributed by atoms with E-state index in [0.717, 1.165) is 11.1 Å². The van der Waals surface area contributed by atoms with Crippen LogP contribution in [0.1, 0.15) is 19.9 Å². The highest BCUT2D eigenvalue weighted by Crippen LogP contribution is 2.26. The van der Waals surface area contributed by atoms with Crippen molar-refractivity contribution in [3.05, 3.63) is 35.6 Å². The van der Waals surface area contributed by atoms with Crippen molar-refractivity contribution in [2.45, 2.75) is 19.9 Å². The van der Waals surface area contributed by atoms with Gasteiger partial charge in [-0.15, -0.1) is 0 Å². The Morgan fingerprint density at radius 1 is 1.25 bits per heavy atom. The van der Waals surface area contributed by atoms with E-state index in [4.69, 9.17) is 17.3 Å². The maximum Gasteiger partial charge on any atom is 0.0568 e. The van der Waals surface area contributed by atoms with Gasteiger partial charge in [-0.05, 0) is 37.6 Å². The van der Waals surface area contributed by atoms with Gasteiger partial charge in [0.15, 0.2) is 0 Å². The molecule has 1 heterocycles. The topological polar surface area (TPSA) is 43.8 Å². The highest BCUT2D eigenvalue weighted by Gasteiger charge is 2.05. The summed E-state index contributed by atoms with van der Waals surface area (Å²) in [7, 11) is 0. The largest absolute Gasteiger partial charge is 0.399 e. The zero-order valence-corrected chi connectivity index (χ0v) is 10.1. The monoisotopic (exact) mass is 235 g/mol. The highest BCUT2D eigenvalue weighted by atomic mass is 35.5. The van der Waals surface area contributed by atoms with Crippen LogP contribution in [0, 0.1) is 0 Å². The number of nitrogen functional groups attached to an aromatic ring is 1. The lowest BCUT2D eigenvalue weighted by Crippen LogP contribution is -1.99. The molecule has 0 saturated carbocycles. The van der Waals surface area contributed by atoms with Gasteiger partial charge in [0, 0.05) is 28.5 Å². The van der Waals surface area contributed by atoms with Crippen molar-refractivity contribution in [2.75, 3.05) is 5.73 Å². The van der Waals surface area contributed by atoms with E-state index < -0.39 is 0 Å². The minimum Gasteiger partial charge on any atom is -0.399 e. The van der Waals surface area contributed by atoms with Crippen molar-refractivity contribution in [3.63, 3.8) is 0 Å². The molecule has 0 amide bonds. The minimum absolute atomic E-state index is 0.352. The number of anilines is 1. The van der Waals surface area contributed by atoms with Gasteiger partial charge in [0.2, 0.25) is 0 Å². The first-order chi connectivity index (χ1) is 7.56. The molecule has 0 fully saturated rings. The van der Waals surface area contributed by atoms with Crippen LogP contribution in [0.5, 0.6) is 0 Å². The molecule has 4 heteroatoms. The molecule has 3 nitrogen and oxygen atoms in total. The molecule has 0 spiro atoms. The summed E-state index contributed by atoms with van der Waals surface area (Å²) < 4.78 is 1.91. The van der Waals surface area contributed by atoms with Gasteiger partial charge in [0.05, 0.1) is 6.20 Å². The molecule has 2 rings (SSSR count). The van der Waals surface area contributed by atoms with Gasteiger partial charge in [-0.25, -0.2) is 0 Å². The average molecular weight is 236 g/mol. The molecule has 0 bridgehead atoms. The second kappa shape index (κ2) is 4.18. The Hall–Kier alpha value is -1.48. The lowest BCUT2D eigenvalue weighted by molar-refractivity contribution is 0.532. The molecular formula is C12H14ClN3. The zero-order chi connectivity index (χ0) is 11.7. The quantitative estimate of drug-likeness (QED) is 0.812. The van der Waals surface area contributed by atoms with Gasteiger partial charge < -0.3 is 5.73 Å². The number of hydrogen-bond donors (Lipinski definition) is 1. The van der Waals surface area contributed by atoms with Gasteiger partial charge >= 0.3 is 0 Å². The third-order valence-electron chi connectivity index (χ3n) is 2.38. The average Bonchev–Trinajstić information content (AvgIpc) is 2.64. The predicted molar refractivity (Wildman–Crippen MR) is 67.5 cm³/mol. The van der Waals surface area contributed by atoms with Crippen LogP contribution >= 0.6 is 11.6 Å². The van der Waals surface area contributed by atoms with E-state index in [2.05, 4.69) is 18.9 Å². The van der Waals surface area contributed by atoms with Crippen LogP contribution in [-0.4, -0.2) is 9.78 Å². The van der Waals surface area contributed by atoms with Crippen LogP contribution in [-0.2, 0) is 0 Å². The summed E-state index contributed by atoms with van der Waals surface area (Å²) in [5.41, 5.74) is 8.45. The normalized spacial score (nSPS) is 11.0. The minimum atomic E-state index is 0.352. The molecule has 16 heavy (non-hydrogen) atoms. The maximum absolute atomic E-state index is 5.96. The summed E-state index contributed by atoms with van der Waals surface area (Å²) >= 11 is 5.96. The molecule has 0 saturated heterocycles. The van der Waals surface area contributed by atoms with E-state index in [1.54, 1.807) is 6.07 Å². The van der Waals surface area contributed by atoms with Gasteiger partial charge in [0.1, 0.15) is 0 Å². The van der Waals surface area contributed by atoms with Gasteiger partial charge in [-0.2, -0.15) is 5.10 Å². The van der Waals surface area contributed by atoms with Gasteiger partial charge in [-0.1, -0.05) is 11.6 Å². The zero-order valence-electron chi connectivity index (χ0n) is 9.31. The van der Waals surface area contributed by atoms with Crippen molar-refractivity contribution in [2.24, 2.45) is 0 Å². The van der Waals surface area contributed by atoms with E-state index in [-0.39, 0.29) is 0 Å². The fraction of sp³-hybridized carbons (Fsp3) is 0.250. The number of rotatable bonds is 2. The molecule has 0 aliphatic rings. The Labute approximate surface area is 99.8 Å². The smallest absolute Gasteiger partial charge is 0.0568 e. The van der Waals surface area contributed by atoms with E-state index in [9.17, 15) is 0 Å². The van der Waals surface area contributed by atoms with Crippen LogP contribution in [0.4, 0.5) is 5.69 Å². The first-order valence-corrected chi connectivity index (χ1v) is 5.54. The van der Waals surface area contributed by atoms with Gasteiger partial charge in [0.25, 0.3) is 0 Å². The third kappa shape index (κ3) is 2.19. The second-order valence-corrected chi connectivity index (χ2v) is 4.51.